The molecule has 1 amide bonds. The summed E-state index contributed by atoms with van der Waals surface area (Å²) >= 11 is 1.57. The van der Waals surface area contributed by atoms with Crippen LogP contribution >= 0.6 is 11.3 Å². The third kappa shape index (κ3) is 3.75. The SMILES string of the molecule is COCCn1nc(C(=O)NCc2cccs2)ccc1=O. The van der Waals surface area contributed by atoms with Gasteiger partial charge in [-0.3, -0.25) is 9.59 Å². The van der Waals surface area contributed by atoms with Gasteiger partial charge in [0.05, 0.1) is 19.7 Å². The zero-order valence-electron chi connectivity index (χ0n) is 11.0. The predicted octanol–water partition coefficient (Wildman–Crippen LogP) is 0.881. The maximum Gasteiger partial charge on any atom is 0.272 e. The molecule has 0 saturated carbocycles. The van der Waals surface area contributed by atoms with Crippen LogP contribution in [-0.4, -0.2) is 29.4 Å². The van der Waals surface area contributed by atoms with E-state index in [1.165, 1.54) is 16.8 Å². The smallest absolute Gasteiger partial charge is 0.272 e. The van der Waals surface area contributed by atoms with Crippen LogP contribution in [0.4, 0.5) is 0 Å². The van der Waals surface area contributed by atoms with Crippen LogP contribution in [0.5, 0.6) is 0 Å². The Balaban J connectivity index is 2.03. The highest BCUT2D eigenvalue weighted by Gasteiger charge is 2.09. The molecule has 7 heteroatoms. The molecule has 0 aliphatic rings. The lowest BCUT2D eigenvalue weighted by molar-refractivity contribution is 0.0942. The Hall–Kier alpha value is -1.99. The van der Waals surface area contributed by atoms with Crippen LogP contribution in [0.3, 0.4) is 0 Å². The number of methoxy groups -OCH3 is 1. The largest absolute Gasteiger partial charge is 0.383 e. The molecule has 106 valence electrons. The Morgan fingerprint density at radius 1 is 1.45 bits per heavy atom. The highest BCUT2D eigenvalue weighted by molar-refractivity contribution is 7.09. The summed E-state index contributed by atoms with van der Waals surface area (Å²) in [5.41, 5.74) is -0.0332. The van der Waals surface area contributed by atoms with E-state index in [1.807, 2.05) is 17.5 Å². The first-order valence-corrected chi connectivity index (χ1v) is 6.96. The van der Waals surface area contributed by atoms with Crippen LogP contribution in [0, 0.1) is 0 Å². The second-order valence-corrected chi connectivity index (χ2v) is 5.07. The number of rotatable bonds is 6. The fourth-order valence-electron chi connectivity index (χ4n) is 1.58. The quantitative estimate of drug-likeness (QED) is 0.858. The van der Waals surface area contributed by atoms with Crippen molar-refractivity contribution in [3.05, 3.63) is 50.6 Å². The van der Waals surface area contributed by atoms with Gasteiger partial charge in [0.1, 0.15) is 5.69 Å². The molecule has 0 aliphatic carbocycles. The van der Waals surface area contributed by atoms with Crippen molar-refractivity contribution in [2.24, 2.45) is 0 Å². The second kappa shape index (κ2) is 6.97. The molecule has 1 N–H and O–H groups in total. The van der Waals surface area contributed by atoms with Crippen LogP contribution in [0.15, 0.2) is 34.4 Å². The van der Waals surface area contributed by atoms with E-state index in [0.717, 1.165) is 4.88 Å². The van der Waals surface area contributed by atoms with Crippen molar-refractivity contribution in [1.82, 2.24) is 15.1 Å². The topological polar surface area (TPSA) is 73.2 Å². The van der Waals surface area contributed by atoms with E-state index >= 15 is 0 Å². The van der Waals surface area contributed by atoms with E-state index in [9.17, 15) is 9.59 Å². The Bertz CT molecular complexity index is 622. The third-order valence-corrected chi connectivity index (χ3v) is 3.49. The van der Waals surface area contributed by atoms with Crippen molar-refractivity contribution < 1.29 is 9.53 Å². The first-order chi connectivity index (χ1) is 9.70. The van der Waals surface area contributed by atoms with Crippen molar-refractivity contribution in [3.63, 3.8) is 0 Å². The number of carbonyl (C=O) groups is 1. The maximum atomic E-state index is 12.0. The molecule has 0 radical (unpaired) electrons. The first kappa shape index (κ1) is 14.4. The fraction of sp³-hybridized carbons (Fsp3) is 0.308. The second-order valence-electron chi connectivity index (χ2n) is 4.03. The first-order valence-electron chi connectivity index (χ1n) is 6.08. The number of hydrogen-bond donors (Lipinski definition) is 1. The summed E-state index contributed by atoms with van der Waals surface area (Å²) in [6.45, 7) is 1.14. The average molecular weight is 293 g/mol. The van der Waals surface area contributed by atoms with E-state index in [2.05, 4.69) is 10.4 Å². The van der Waals surface area contributed by atoms with Crippen molar-refractivity contribution in [3.8, 4) is 0 Å². The highest BCUT2D eigenvalue weighted by Crippen LogP contribution is 2.07. The number of nitrogens with one attached hydrogen (secondary N) is 1. The van der Waals surface area contributed by atoms with Crippen LogP contribution in [0.2, 0.25) is 0 Å². The number of thiophene rings is 1. The van der Waals surface area contributed by atoms with Gasteiger partial charge in [-0.05, 0) is 17.5 Å². The number of ether oxygens (including phenoxy) is 1. The number of hydrogen-bond acceptors (Lipinski definition) is 5. The monoisotopic (exact) mass is 293 g/mol. The number of carbonyl (C=O) groups excluding carboxylic acids is 1. The van der Waals surface area contributed by atoms with Gasteiger partial charge in [-0.1, -0.05) is 6.07 Å². The van der Waals surface area contributed by atoms with Gasteiger partial charge in [-0.2, -0.15) is 5.10 Å². The fourth-order valence-corrected chi connectivity index (χ4v) is 2.22. The zero-order chi connectivity index (χ0) is 14.4. The minimum atomic E-state index is -0.301. The number of aromatic nitrogens is 2. The zero-order valence-corrected chi connectivity index (χ0v) is 11.9. The molecule has 0 atom stereocenters. The normalized spacial score (nSPS) is 10.4. The Labute approximate surface area is 120 Å². The molecule has 0 unspecified atom stereocenters. The lowest BCUT2D eigenvalue weighted by Crippen LogP contribution is -2.30. The molecule has 2 aromatic rings. The third-order valence-electron chi connectivity index (χ3n) is 2.61. The van der Waals surface area contributed by atoms with E-state index in [0.29, 0.717) is 19.7 Å². The van der Waals surface area contributed by atoms with Gasteiger partial charge in [0.25, 0.3) is 11.5 Å². The minimum Gasteiger partial charge on any atom is -0.383 e. The van der Waals surface area contributed by atoms with Crippen molar-refractivity contribution >= 4 is 17.2 Å². The van der Waals surface area contributed by atoms with Gasteiger partial charge in [-0.25, -0.2) is 4.68 Å². The van der Waals surface area contributed by atoms with E-state index in [1.54, 1.807) is 18.4 Å². The number of nitrogens with zero attached hydrogens (tertiary/aromatic N) is 2. The summed E-state index contributed by atoms with van der Waals surface area (Å²) in [7, 11) is 1.54. The summed E-state index contributed by atoms with van der Waals surface area (Å²) in [6.07, 6.45) is 0. The van der Waals surface area contributed by atoms with E-state index < -0.39 is 0 Å². The average Bonchev–Trinajstić information content (AvgIpc) is 2.97. The molecule has 6 nitrogen and oxygen atoms in total. The van der Waals surface area contributed by atoms with Gasteiger partial charge in [0.2, 0.25) is 0 Å². The van der Waals surface area contributed by atoms with Gasteiger partial charge in [-0.15, -0.1) is 11.3 Å². The Morgan fingerprint density at radius 2 is 2.30 bits per heavy atom. The summed E-state index contributed by atoms with van der Waals surface area (Å²) in [5.74, 6) is -0.301. The molecule has 2 rings (SSSR count). The molecule has 0 bridgehead atoms. The molecule has 0 aromatic carbocycles. The Morgan fingerprint density at radius 3 is 3.00 bits per heavy atom. The lowest BCUT2D eigenvalue weighted by Gasteiger charge is -2.06. The molecule has 0 aliphatic heterocycles. The maximum absolute atomic E-state index is 12.0. The molecule has 0 fully saturated rings. The molecule has 0 spiro atoms. The molecule has 0 saturated heterocycles. The van der Waals surface area contributed by atoms with Crippen LogP contribution in [0.25, 0.3) is 0 Å². The van der Waals surface area contributed by atoms with Crippen LogP contribution in [0.1, 0.15) is 15.4 Å². The summed E-state index contributed by atoms with van der Waals surface area (Å²) in [6, 6.07) is 6.63. The van der Waals surface area contributed by atoms with Crippen LogP contribution < -0.4 is 10.9 Å². The van der Waals surface area contributed by atoms with Gasteiger partial charge in [0, 0.05) is 18.1 Å². The van der Waals surface area contributed by atoms with E-state index in [4.69, 9.17) is 4.74 Å². The summed E-state index contributed by atoms with van der Waals surface area (Å²) < 4.78 is 6.12. The van der Waals surface area contributed by atoms with Crippen molar-refractivity contribution in [1.29, 1.82) is 0 Å². The molecular formula is C13H15N3O3S. The summed E-state index contributed by atoms with van der Waals surface area (Å²) in [4.78, 5) is 24.6. The van der Waals surface area contributed by atoms with E-state index in [-0.39, 0.29) is 17.2 Å². The minimum absolute atomic E-state index is 0.220. The van der Waals surface area contributed by atoms with Gasteiger partial charge in [0.15, 0.2) is 0 Å². The molecule has 2 heterocycles. The van der Waals surface area contributed by atoms with Gasteiger partial charge < -0.3 is 10.1 Å². The predicted molar refractivity (Wildman–Crippen MR) is 75.9 cm³/mol. The lowest BCUT2D eigenvalue weighted by atomic mass is 10.3. The summed E-state index contributed by atoms with van der Waals surface area (Å²) in [5, 5.41) is 8.74. The Kier molecular flexibility index (Phi) is 5.03. The van der Waals surface area contributed by atoms with Crippen LogP contribution in [-0.2, 0) is 17.8 Å². The molecule has 20 heavy (non-hydrogen) atoms. The highest BCUT2D eigenvalue weighted by atomic mass is 32.1. The van der Waals surface area contributed by atoms with Gasteiger partial charge >= 0.3 is 0 Å². The number of amides is 1. The molecule has 2 aromatic heterocycles. The van der Waals surface area contributed by atoms with Crippen molar-refractivity contribution in [2.45, 2.75) is 13.1 Å². The standard InChI is InChI=1S/C13H15N3O3S/c1-19-7-6-16-12(17)5-4-11(15-16)13(18)14-9-10-3-2-8-20-10/h2-5,8H,6-7,9H2,1H3,(H,14,18). The van der Waals surface area contributed by atoms with Crippen molar-refractivity contribution in [2.75, 3.05) is 13.7 Å². The molecular weight excluding hydrogens is 278 g/mol.